The first-order chi connectivity index (χ1) is 11.9. The first kappa shape index (κ1) is 20.6. The summed E-state index contributed by atoms with van der Waals surface area (Å²) in [6.45, 7) is 7.81. The van der Waals surface area contributed by atoms with Crippen LogP contribution in [0.1, 0.15) is 31.9 Å². The van der Waals surface area contributed by atoms with Gasteiger partial charge in [0, 0.05) is 22.7 Å². The smallest absolute Gasteiger partial charge is 0.124 e. The van der Waals surface area contributed by atoms with Crippen molar-refractivity contribution >= 4 is 34.8 Å². The fourth-order valence-corrected chi connectivity index (χ4v) is 2.85. The van der Waals surface area contributed by atoms with Gasteiger partial charge in [-0.3, -0.25) is 0 Å². The normalized spacial score (nSPS) is 11.2. The Morgan fingerprint density at radius 2 is 1.62 bits per heavy atom. The Balaban J connectivity index is 0.00000243. The minimum Gasteiger partial charge on any atom is -0.489 e. The number of benzene rings is 3. The minimum atomic E-state index is 0. The molecule has 3 aromatic rings. The number of fused-ring (bicyclic) bond motifs is 1. The zero-order valence-corrected chi connectivity index (χ0v) is 17.0. The van der Waals surface area contributed by atoms with Crippen LogP contribution in [0.25, 0.3) is 10.8 Å². The van der Waals surface area contributed by atoms with E-state index in [1.54, 1.807) is 0 Å². The van der Waals surface area contributed by atoms with Crippen molar-refractivity contribution in [2.24, 2.45) is 0 Å². The lowest BCUT2D eigenvalue weighted by molar-refractivity contribution is 0.301. The Morgan fingerprint density at radius 1 is 0.923 bits per heavy atom. The maximum Gasteiger partial charge on any atom is 0.124 e. The Kier molecular flexibility index (Phi) is 6.94. The van der Waals surface area contributed by atoms with Crippen LogP contribution in [0.3, 0.4) is 0 Å². The Morgan fingerprint density at radius 3 is 2.31 bits per heavy atom. The molecule has 0 aliphatic heterocycles. The van der Waals surface area contributed by atoms with Gasteiger partial charge in [0.15, 0.2) is 0 Å². The SMILES string of the molecule is CC(C)(C)NCc1c(OCc2ccc(Cl)cc2)ccc2ccccc12.Cl. The third-order valence-electron chi connectivity index (χ3n) is 4.10. The van der Waals surface area contributed by atoms with E-state index in [2.05, 4.69) is 62.5 Å². The van der Waals surface area contributed by atoms with E-state index < -0.39 is 0 Å². The second kappa shape index (κ2) is 8.77. The van der Waals surface area contributed by atoms with Gasteiger partial charge in [0.2, 0.25) is 0 Å². The molecular weight excluding hydrogens is 365 g/mol. The highest BCUT2D eigenvalue weighted by Gasteiger charge is 2.14. The zero-order valence-electron chi connectivity index (χ0n) is 15.4. The number of rotatable bonds is 5. The van der Waals surface area contributed by atoms with Crippen LogP contribution >= 0.6 is 24.0 Å². The molecule has 2 nitrogen and oxygen atoms in total. The van der Waals surface area contributed by atoms with Crippen LogP contribution in [-0.4, -0.2) is 5.54 Å². The van der Waals surface area contributed by atoms with Crippen LogP contribution in [0, 0.1) is 0 Å². The molecule has 0 saturated carbocycles. The first-order valence-corrected chi connectivity index (χ1v) is 8.93. The summed E-state index contributed by atoms with van der Waals surface area (Å²) >= 11 is 5.95. The van der Waals surface area contributed by atoms with Gasteiger partial charge in [-0.1, -0.05) is 54.1 Å². The second-order valence-corrected chi connectivity index (χ2v) is 7.72. The van der Waals surface area contributed by atoms with Crippen LogP contribution in [0.5, 0.6) is 5.75 Å². The molecule has 0 aliphatic rings. The first-order valence-electron chi connectivity index (χ1n) is 8.55. The van der Waals surface area contributed by atoms with Crippen LogP contribution in [0.2, 0.25) is 5.02 Å². The fourth-order valence-electron chi connectivity index (χ4n) is 2.73. The number of nitrogens with one attached hydrogen (secondary N) is 1. The van der Waals surface area contributed by atoms with Crippen molar-refractivity contribution in [1.82, 2.24) is 5.32 Å². The van der Waals surface area contributed by atoms with Crippen molar-refractivity contribution in [3.05, 3.63) is 76.8 Å². The van der Waals surface area contributed by atoms with E-state index >= 15 is 0 Å². The standard InChI is InChI=1S/C22H24ClNO.ClH/c1-22(2,3)24-14-20-19-7-5-4-6-17(19)10-13-21(20)25-15-16-8-11-18(23)12-9-16;/h4-13,24H,14-15H2,1-3H3;1H. The molecule has 0 aliphatic carbocycles. The molecule has 3 rings (SSSR count). The molecule has 3 aromatic carbocycles. The van der Waals surface area contributed by atoms with Crippen LogP contribution < -0.4 is 10.1 Å². The lowest BCUT2D eigenvalue weighted by Crippen LogP contribution is -2.35. The Labute approximate surface area is 166 Å². The highest BCUT2D eigenvalue weighted by Crippen LogP contribution is 2.29. The summed E-state index contributed by atoms with van der Waals surface area (Å²) in [6, 6.07) is 20.4. The summed E-state index contributed by atoms with van der Waals surface area (Å²) < 4.78 is 6.15. The molecule has 0 unspecified atom stereocenters. The van der Waals surface area contributed by atoms with Gasteiger partial charge in [-0.05, 0) is 55.3 Å². The van der Waals surface area contributed by atoms with E-state index in [4.69, 9.17) is 16.3 Å². The minimum absolute atomic E-state index is 0. The molecule has 4 heteroatoms. The molecule has 138 valence electrons. The van der Waals surface area contributed by atoms with Crippen molar-refractivity contribution in [3.8, 4) is 5.75 Å². The third kappa shape index (κ3) is 5.38. The van der Waals surface area contributed by atoms with Crippen molar-refractivity contribution in [2.45, 2.75) is 39.5 Å². The van der Waals surface area contributed by atoms with Gasteiger partial charge in [0.1, 0.15) is 12.4 Å². The molecule has 0 atom stereocenters. The van der Waals surface area contributed by atoms with Gasteiger partial charge >= 0.3 is 0 Å². The largest absolute Gasteiger partial charge is 0.489 e. The molecule has 0 heterocycles. The average molecular weight is 390 g/mol. The predicted octanol–water partition coefficient (Wildman–Crippen LogP) is 6.38. The molecule has 26 heavy (non-hydrogen) atoms. The van der Waals surface area contributed by atoms with E-state index in [1.165, 1.54) is 16.3 Å². The molecule has 0 fully saturated rings. The fraction of sp³-hybridized carbons (Fsp3) is 0.273. The molecular formula is C22H25Cl2NO. The van der Waals surface area contributed by atoms with Gasteiger partial charge in [-0.15, -0.1) is 12.4 Å². The van der Waals surface area contributed by atoms with Gasteiger partial charge in [0.25, 0.3) is 0 Å². The lowest BCUT2D eigenvalue weighted by Gasteiger charge is -2.22. The quantitative estimate of drug-likeness (QED) is 0.546. The third-order valence-corrected chi connectivity index (χ3v) is 4.35. The summed E-state index contributed by atoms with van der Waals surface area (Å²) in [7, 11) is 0. The second-order valence-electron chi connectivity index (χ2n) is 7.28. The Bertz CT molecular complexity index is 854. The van der Waals surface area contributed by atoms with E-state index in [1.807, 2.05) is 24.3 Å². The van der Waals surface area contributed by atoms with E-state index in [0.717, 1.165) is 22.9 Å². The van der Waals surface area contributed by atoms with Crippen LogP contribution in [0.15, 0.2) is 60.7 Å². The van der Waals surface area contributed by atoms with Crippen molar-refractivity contribution in [1.29, 1.82) is 0 Å². The molecule has 0 spiro atoms. The highest BCUT2D eigenvalue weighted by molar-refractivity contribution is 6.30. The van der Waals surface area contributed by atoms with E-state index in [0.29, 0.717) is 6.61 Å². The number of hydrogen-bond donors (Lipinski definition) is 1. The number of hydrogen-bond acceptors (Lipinski definition) is 2. The monoisotopic (exact) mass is 389 g/mol. The van der Waals surface area contributed by atoms with Gasteiger partial charge in [-0.25, -0.2) is 0 Å². The molecule has 0 bridgehead atoms. The summed E-state index contributed by atoms with van der Waals surface area (Å²) in [6.07, 6.45) is 0. The average Bonchev–Trinajstić information content (AvgIpc) is 2.59. The van der Waals surface area contributed by atoms with Gasteiger partial charge in [0.05, 0.1) is 0 Å². The zero-order chi connectivity index (χ0) is 17.9. The maximum atomic E-state index is 6.15. The van der Waals surface area contributed by atoms with Gasteiger partial charge in [-0.2, -0.15) is 0 Å². The maximum absolute atomic E-state index is 6.15. The van der Waals surface area contributed by atoms with Crippen LogP contribution in [-0.2, 0) is 13.2 Å². The molecule has 1 N–H and O–H groups in total. The molecule has 0 saturated heterocycles. The summed E-state index contributed by atoms with van der Waals surface area (Å²) in [5.41, 5.74) is 2.35. The van der Waals surface area contributed by atoms with E-state index in [-0.39, 0.29) is 17.9 Å². The summed E-state index contributed by atoms with van der Waals surface area (Å²) in [5.74, 6) is 0.922. The molecule has 0 aromatic heterocycles. The molecule has 0 radical (unpaired) electrons. The Hall–Kier alpha value is -1.74. The summed E-state index contributed by atoms with van der Waals surface area (Å²) in [5, 5.41) is 6.78. The number of halogens is 2. The van der Waals surface area contributed by atoms with Crippen LogP contribution in [0.4, 0.5) is 0 Å². The predicted molar refractivity (Wildman–Crippen MR) is 114 cm³/mol. The van der Waals surface area contributed by atoms with Gasteiger partial charge < -0.3 is 10.1 Å². The van der Waals surface area contributed by atoms with Crippen molar-refractivity contribution < 1.29 is 4.74 Å². The summed E-state index contributed by atoms with van der Waals surface area (Å²) in [4.78, 5) is 0. The highest BCUT2D eigenvalue weighted by atomic mass is 35.5. The topological polar surface area (TPSA) is 21.3 Å². The molecule has 0 amide bonds. The van der Waals surface area contributed by atoms with Crippen molar-refractivity contribution in [3.63, 3.8) is 0 Å². The van der Waals surface area contributed by atoms with Crippen molar-refractivity contribution in [2.75, 3.05) is 0 Å². The number of ether oxygens (including phenoxy) is 1. The lowest BCUT2D eigenvalue weighted by atomic mass is 10.0. The van der Waals surface area contributed by atoms with E-state index in [9.17, 15) is 0 Å².